The van der Waals surface area contributed by atoms with Crippen LogP contribution in [-0.2, 0) is 11.3 Å². The van der Waals surface area contributed by atoms with Crippen molar-refractivity contribution in [2.45, 2.75) is 40.7 Å². The lowest BCUT2D eigenvalue weighted by molar-refractivity contribution is -0.115. The summed E-state index contributed by atoms with van der Waals surface area (Å²) in [6, 6.07) is 0. The summed E-state index contributed by atoms with van der Waals surface area (Å²) < 4.78 is 1.77. The van der Waals surface area contributed by atoms with E-state index >= 15 is 0 Å². The first kappa shape index (κ1) is 12.7. The van der Waals surface area contributed by atoms with E-state index in [1.54, 1.807) is 10.9 Å². The maximum Gasteiger partial charge on any atom is 0.224 e. The molecule has 0 aromatic carbocycles. The summed E-state index contributed by atoms with van der Waals surface area (Å²) in [6.07, 6.45) is 3.96. The number of carbonyl (C=O) groups excluding carboxylic acids is 1. The van der Waals surface area contributed by atoms with E-state index in [0.717, 1.165) is 12.2 Å². The van der Waals surface area contributed by atoms with Gasteiger partial charge in [-0.1, -0.05) is 20.8 Å². The van der Waals surface area contributed by atoms with Crippen molar-refractivity contribution in [1.29, 1.82) is 0 Å². The second-order valence-corrected chi connectivity index (χ2v) is 2.49. The molecule has 1 rings (SSSR count). The van der Waals surface area contributed by atoms with Gasteiger partial charge in [-0.2, -0.15) is 5.10 Å². The summed E-state index contributed by atoms with van der Waals surface area (Å²) in [4.78, 5) is 10.9. The maximum atomic E-state index is 10.9. The van der Waals surface area contributed by atoms with Gasteiger partial charge in [-0.25, -0.2) is 0 Å². The molecule has 0 saturated carbocycles. The summed E-state index contributed by atoms with van der Waals surface area (Å²) in [7, 11) is 0. The van der Waals surface area contributed by atoms with Gasteiger partial charge in [0.05, 0.1) is 11.9 Å². The number of anilines is 1. The third kappa shape index (κ3) is 4.07. The highest BCUT2D eigenvalue weighted by molar-refractivity contribution is 5.90. The van der Waals surface area contributed by atoms with Crippen molar-refractivity contribution >= 4 is 11.6 Å². The first-order valence-electron chi connectivity index (χ1n) is 5.08. The molecule has 1 amide bonds. The molecule has 1 aromatic rings. The van der Waals surface area contributed by atoms with Crippen LogP contribution >= 0.6 is 0 Å². The summed E-state index contributed by atoms with van der Waals surface area (Å²) >= 11 is 0. The van der Waals surface area contributed by atoms with Crippen molar-refractivity contribution in [1.82, 2.24) is 9.78 Å². The zero-order chi connectivity index (χ0) is 11.0. The van der Waals surface area contributed by atoms with E-state index in [0.29, 0.717) is 6.42 Å². The van der Waals surface area contributed by atoms with E-state index < -0.39 is 0 Å². The Kier molecular flexibility index (Phi) is 6.45. The first-order valence-corrected chi connectivity index (χ1v) is 5.08. The molecular formula is C10H19N3O. The molecule has 1 aromatic heterocycles. The lowest BCUT2D eigenvalue weighted by Gasteiger charge is -1.97. The monoisotopic (exact) mass is 197 g/mol. The molecule has 0 radical (unpaired) electrons. The van der Waals surface area contributed by atoms with Gasteiger partial charge in [-0.05, 0) is 6.92 Å². The molecule has 14 heavy (non-hydrogen) atoms. The standard InChI is InChI=1S/C8H13N3O.C2H6/c1-3-8(12)10-7-5-9-11(4-2)6-7;1-2/h5-6H,3-4H2,1-2H3,(H,10,12);1-2H3. The number of carbonyl (C=O) groups is 1. The highest BCUT2D eigenvalue weighted by Crippen LogP contribution is 2.04. The van der Waals surface area contributed by atoms with Crippen LogP contribution in [0.15, 0.2) is 12.4 Å². The number of aryl methyl sites for hydroxylation is 1. The normalized spacial score (nSPS) is 8.86. The molecule has 0 bridgehead atoms. The Hall–Kier alpha value is -1.32. The van der Waals surface area contributed by atoms with Crippen LogP contribution in [0.1, 0.15) is 34.1 Å². The van der Waals surface area contributed by atoms with Crippen molar-refractivity contribution in [3.8, 4) is 0 Å². The fraction of sp³-hybridized carbons (Fsp3) is 0.600. The molecule has 1 N–H and O–H groups in total. The fourth-order valence-corrected chi connectivity index (χ4v) is 0.850. The third-order valence-corrected chi connectivity index (χ3v) is 1.56. The van der Waals surface area contributed by atoms with Crippen LogP contribution in [0.3, 0.4) is 0 Å². The fourth-order valence-electron chi connectivity index (χ4n) is 0.850. The van der Waals surface area contributed by atoms with E-state index in [9.17, 15) is 4.79 Å². The Morgan fingerprint density at radius 3 is 2.57 bits per heavy atom. The Morgan fingerprint density at radius 1 is 1.50 bits per heavy atom. The molecule has 0 unspecified atom stereocenters. The van der Waals surface area contributed by atoms with Crippen LogP contribution in [0.2, 0.25) is 0 Å². The summed E-state index contributed by atoms with van der Waals surface area (Å²) in [5.74, 6) is 0.0191. The lowest BCUT2D eigenvalue weighted by atomic mass is 10.4. The lowest BCUT2D eigenvalue weighted by Crippen LogP contribution is -2.08. The van der Waals surface area contributed by atoms with Gasteiger partial charge in [-0.3, -0.25) is 9.48 Å². The second-order valence-electron chi connectivity index (χ2n) is 2.49. The highest BCUT2D eigenvalue weighted by atomic mass is 16.1. The predicted octanol–water partition coefficient (Wildman–Crippen LogP) is 2.28. The average Bonchev–Trinajstić information content (AvgIpc) is 2.68. The van der Waals surface area contributed by atoms with Crippen LogP contribution in [0.5, 0.6) is 0 Å². The molecule has 4 heteroatoms. The molecule has 0 aliphatic heterocycles. The van der Waals surface area contributed by atoms with E-state index in [4.69, 9.17) is 0 Å². The highest BCUT2D eigenvalue weighted by Gasteiger charge is 2.00. The zero-order valence-electron chi connectivity index (χ0n) is 9.37. The van der Waals surface area contributed by atoms with Crippen LogP contribution in [0.25, 0.3) is 0 Å². The molecule has 0 aliphatic carbocycles. The predicted molar refractivity (Wildman–Crippen MR) is 58.2 cm³/mol. The maximum absolute atomic E-state index is 10.9. The summed E-state index contributed by atoms with van der Waals surface area (Å²) in [5, 5.41) is 6.75. The minimum atomic E-state index is 0.0191. The van der Waals surface area contributed by atoms with E-state index in [1.165, 1.54) is 0 Å². The minimum Gasteiger partial charge on any atom is -0.323 e. The van der Waals surface area contributed by atoms with Crippen LogP contribution < -0.4 is 5.32 Å². The van der Waals surface area contributed by atoms with E-state index in [-0.39, 0.29) is 5.91 Å². The van der Waals surface area contributed by atoms with Crippen molar-refractivity contribution in [2.24, 2.45) is 0 Å². The number of nitrogens with zero attached hydrogens (tertiary/aromatic N) is 2. The van der Waals surface area contributed by atoms with Crippen LogP contribution in [-0.4, -0.2) is 15.7 Å². The average molecular weight is 197 g/mol. The Balaban J connectivity index is 0.000000791. The SMILES string of the molecule is CC.CCC(=O)Nc1cnn(CC)c1. The van der Waals surface area contributed by atoms with Gasteiger partial charge in [0.2, 0.25) is 5.91 Å². The molecule has 0 atom stereocenters. The van der Waals surface area contributed by atoms with E-state index in [1.807, 2.05) is 33.9 Å². The van der Waals surface area contributed by atoms with Gasteiger partial charge in [0.1, 0.15) is 0 Å². The largest absolute Gasteiger partial charge is 0.323 e. The van der Waals surface area contributed by atoms with Crippen molar-refractivity contribution in [3.63, 3.8) is 0 Å². The smallest absolute Gasteiger partial charge is 0.224 e. The Bertz CT molecular complexity index is 268. The molecule has 0 saturated heterocycles. The number of rotatable bonds is 3. The van der Waals surface area contributed by atoms with Crippen molar-refractivity contribution in [2.75, 3.05) is 5.32 Å². The van der Waals surface area contributed by atoms with Crippen molar-refractivity contribution in [3.05, 3.63) is 12.4 Å². The number of nitrogens with one attached hydrogen (secondary N) is 1. The number of aromatic nitrogens is 2. The molecule has 80 valence electrons. The van der Waals surface area contributed by atoms with Gasteiger partial charge in [0, 0.05) is 19.2 Å². The van der Waals surface area contributed by atoms with Gasteiger partial charge in [0.15, 0.2) is 0 Å². The summed E-state index contributed by atoms with van der Waals surface area (Å²) in [5.41, 5.74) is 0.767. The summed E-state index contributed by atoms with van der Waals surface area (Å²) in [6.45, 7) is 8.64. The third-order valence-electron chi connectivity index (χ3n) is 1.56. The molecule has 4 nitrogen and oxygen atoms in total. The van der Waals surface area contributed by atoms with Gasteiger partial charge in [0.25, 0.3) is 0 Å². The molecule has 1 heterocycles. The van der Waals surface area contributed by atoms with E-state index in [2.05, 4.69) is 10.4 Å². The number of hydrogen-bond donors (Lipinski definition) is 1. The van der Waals surface area contributed by atoms with Crippen molar-refractivity contribution < 1.29 is 4.79 Å². The first-order chi connectivity index (χ1) is 6.76. The Morgan fingerprint density at radius 2 is 2.14 bits per heavy atom. The molecular weight excluding hydrogens is 178 g/mol. The molecule has 0 fully saturated rings. The van der Waals surface area contributed by atoms with Crippen LogP contribution in [0, 0.1) is 0 Å². The van der Waals surface area contributed by atoms with Gasteiger partial charge < -0.3 is 5.32 Å². The topological polar surface area (TPSA) is 46.9 Å². The molecule has 0 aliphatic rings. The molecule has 0 spiro atoms. The number of amides is 1. The van der Waals surface area contributed by atoms with Gasteiger partial charge in [-0.15, -0.1) is 0 Å². The quantitative estimate of drug-likeness (QED) is 0.808. The second kappa shape index (κ2) is 7.12. The Labute approximate surface area is 85.3 Å². The van der Waals surface area contributed by atoms with Crippen LogP contribution in [0.4, 0.5) is 5.69 Å². The zero-order valence-corrected chi connectivity index (χ0v) is 9.37. The number of hydrogen-bond acceptors (Lipinski definition) is 2. The van der Waals surface area contributed by atoms with Gasteiger partial charge >= 0.3 is 0 Å². The minimum absolute atomic E-state index is 0.0191.